The van der Waals surface area contributed by atoms with Crippen LogP contribution in [0.1, 0.15) is 24.8 Å². The van der Waals surface area contributed by atoms with E-state index in [1.807, 2.05) is 34.1 Å². The summed E-state index contributed by atoms with van der Waals surface area (Å²) in [5.74, 6) is 0.879. The maximum Gasteiger partial charge on any atom is 0.249 e. The lowest BCUT2D eigenvalue weighted by Gasteiger charge is -2.38. The van der Waals surface area contributed by atoms with Gasteiger partial charge in [0.05, 0.1) is 19.6 Å². The highest BCUT2D eigenvalue weighted by Gasteiger charge is 2.37. The van der Waals surface area contributed by atoms with Crippen LogP contribution >= 0.6 is 0 Å². The Morgan fingerprint density at radius 1 is 1.11 bits per heavy atom. The minimum absolute atomic E-state index is 0.00357. The van der Waals surface area contributed by atoms with Crippen LogP contribution in [0.25, 0.3) is 0 Å². The summed E-state index contributed by atoms with van der Waals surface area (Å²) in [6, 6.07) is 7.78. The van der Waals surface area contributed by atoms with Gasteiger partial charge in [-0.25, -0.2) is 0 Å². The Morgan fingerprint density at radius 3 is 2.46 bits per heavy atom. The van der Waals surface area contributed by atoms with Crippen LogP contribution in [0.4, 0.5) is 0 Å². The zero-order valence-corrected chi connectivity index (χ0v) is 16.8. The Hall–Kier alpha value is -2.12. The summed E-state index contributed by atoms with van der Waals surface area (Å²) in [6.07, 6.45) is 2.85. The van der Waals surface area contributed by atoms with Crippen LogP contribution in [0.2, 0.25) is 0 Å². The molecule has 0 radical (unpaired) electrons. The maximum atomic E-state index is 12.8. The van der Waals surface area contributed by atoms with Crippen molar-refractivity contribution in [2.45, 2.75) is 37.8 Å². The number of rotatable bonds is 7. The normalized spacial score (nSPS) is 20.2. The lowest BCUT2D eigenvalue weighted by molar-refractivity contribution is -0.143. The number of methoxy groups -OCH3 is 2. The molecule has 1 atom stereocenters. The van der Waals surface area contributed by atoms with Gasteiger partial charge in [-0.3, -0.25) is 9.59 Å². The standard InChI is InChI=1S/C21H30N2O5/c1-26-15-21(25)23(17-8-11-28-12-9-17)18-7-10-22(14-18)20(24)13-16-3-5-19(27-2)6-4-16/h3-6,17-18H,7-15H2,1-2H3. The average Bonchev–Trinajstić information content (AvgIpc) is 3.19. The molecular weight excluding hydrogens is 360 g/mol. The largest absolute Gasteiger partial charge is 0.497 e. The van der Waals surface area contributed by atoms with E-state index in [9.17, 15) is 9.59 Å². The van der Waals surface area contributed by atoms with Gasteiger partial charge in [-0.05, 0) is 37.0 Å². The second-order valence-corrected chi connectivity index (χ2v) is 7.38. The van der Waals surface area contributed by atoms with Gasteiger partial charge in [0.25, 0.3) is 0 Å². The fourth-order valence-corrected chi connectivity index (χ4v) is 4.09. The lowest BCUT2D eigenvalue weighted by Crippen LogP contribution is -2.51. The first-order valence-corrected chi connectivity index (χ1v) is 9.91. The zero-order valence-electron chi connectivity index (χ0n) is 16.8. The molecule has 2 saturated heterocycles. The van der Waals surface area contributed by atoms with Crippen molar-refractivity contribution in [2.24, 2.45) is 0 Å². The first-order valence-electron chi connectivity index (χ1n) is 9.91. The molecule has 0 spiro atoms. The molecule has 2 aliphatic rings. The molecule has 154 valence electrons. The van der Waals surface area contributed by atoms with Crippen LogP contribution in [0.3, 0.4) is 0 Å². The van der Waals surface area contributed by atoms with E-state index in [0.29, 0.717) is 32.7 Å². The number of carbonyl (C=O) groups excluding carboxylic acids is 2. The molecule has 1 aromatic rings. The van der Waals surface area contributed by atoms with Crippen molar-refractivity contribution in [3.05, 3.63) is 29.8 Å². The summed E-state index contributed by atoms with van der Waals surface area (Å²) in [6.45, 7) is 2.69. The van der Waals surface area contributed by atoms with Gasteiger partial charge in [-0.15, -0.1) is 0 Å². The molecule has 0 N–H and O–H groups in total. The number of carbonyl (C=O) groups is 2. The van der Waals surface area contributed by atoms with Crippen LogP contribution in [0.15, 0.2) is 24.3 Å². The quantitative estimate of drug-likeness (QED) is 0.706. The minimum atomic E-state index is 0.00357. The van der Waals surface area contributed by atoms with Gasteiger partial charge >= 0.3 is 0 Å². The van der Waals surface area contributed by atoms with Crippen LogP contribution in [-0.4, -0.2) is 80.8 Å². The summed E-state index contributed by atoms with van der Waals surface area (Å²) in [5, 5.41) is 0. The first kappa shape index (κ1) is 20.6. The molecule has 3 rings (SSSR count). The van der Waals surface area contributed by atoms with Crippen LogP contribution in [0, 0.1) is 0 Å². The highest BCUT2D eigenvalue weighted by Crippen LogP contribution is 2.24. The smallest absolute Gasteiger partial charge is 0.249 e. The molecule has 1 unspecified atom stereocenters. The van der Waals surface area contributed by atoms with Crippen LogP contribution in [0.5, 0.6) is 5.75 Å². The molecule has 0 aromatic heterocycles. The number of ether oxygens (including phenoxy) is 3. The van der Waals surface area contributed by atoms with E-state index in [2.05, 4.69) is 0 Å². The number of amides is 2. The average molecular weight is 390 g/mol. The molecule has 0 saturated carbocycles. The number of likely N-dealkylation sites (tertiary alicyclic amines) is 1. The van der Waals surface area contributed by atoms with Crippen molar-refractivity contribution < 1.29 is 23.8 Å². The SMILES string of the molecule is COCC(=O)N(C1CCOCC1)C1CCN(C(=O)Cc2ccc(OC)cc2)C1. The van der Waals surface area contributed by atoms with Crippen molar-refractivity contribution >= 4 is 11.8 Å². The van der Waals surface area contributed by atoms with E-state index in [0.717, 1.165) is 30.6 Å². The van der Waals surface area contributed by atoms with E-state index in [1.165, 1.54) is 0 Å². The predicted molar refractivity (Wildman–Crippen MR) is 104 cm³/mol. The second-order valence-electron chi connectivity index (χ2n) is 7.38. The molecule has 0 aliphatic carbocycles. The third-order valence-electron chi connectivity index (χ3n) is 5.56. The molecular formula is C21H30N2O5. The summed E-state index contributed by atoms with van der Waals surface area (Å²) < 4.78 is 15.7. The fraction of sp³-hybridized carbons (Fsp3) is 0.619. The van der Waals surface area contributed by atoms with Crippen LogP contribution < -0.4 is 4.74 Å². The molecule has 2 heterocycles. The summed E-state index contributed by atoms with van der Waals surface area (Å²) in [4.78, 5) is 29.3. The minimum Gasteiger partial charge on any atom is -0.497 e. The second kappa shape index (κ2) is 9.89. The Bertz CT molecular complexity index is 657. The predicted octanol–water partition coefficient (Wildman–Crippen LogP) is 1.49. The molecule has 0 bridgehead atoms. The third-order valence-corrected chi connectivity index (χ3v) is 5.56. The summed E-state index contributed by atoms with van der Waals surface area (Å²) in [5.41, 5.74) is 0.964. The zero-order chi connectivity index (χ0) is 19.9. The third kappa shape index (κ3) is 5.02. The van der Waals surface area contributed by atoms with E-state index in [4.69, 9.17) is 14.2 Å². The Morgan fingerprint density at radius 2 is 1.82 bits per heavy atom. The molecule has 1 aromatic carbocycles. The van der Waals surface area contributed by atoms with E-state index < -0.39 is 0 Å². The topological polar surface area (TPSA) is 68.3 Å². The molecule has 2 fully saturated rings. The van der Waals surface area contributed by atoms with Gasteiger partial charge in [0.2, 0.25) is 11.8 Å². The molecule has 2 aliphatic heterocycles. The summed E-state index contributed by atoms with van der Waals surface area (Å²) in [7, 11) is 3.17. The fourth-order valence-electron chi connectivity index (χ4n) is 4.09. The molecule has 2 amide bonds. The van der Waals surface area contributed by atoms with Crippen molar-refractivity contribution in [1.82, 2.24) is 9.80 Å². The van der Waals surface area contributed by atoms with Crippen molar-refractivity contribution in [3.63, 3.8) is 0 Å². The van der Waals surface area contributed by atoms with Gasteiger partial charge in [-0.2, -0.15) is 0 Å². The highest BCUT2D eigenvalue weighted by molar-refractivity contribution is 5.80. The van der Waals surface area contributed by atoms with Crippen molar-refractivity contribution in [1.29, 1.82) is 0 Å². The first-order chi connectivity index (χ1) is 13.6. The summed E-state index contributed by atoms with van der Waals surface area (Å²) >= 11 is 0. The van der Waals surface area contributed by atoms with Crippen molar-refractivity contribution in [3.8, 4) is 5.75 Å². The Kier molecular flexibility index (Phi) is 7.28. The Balaban J connectivity index is 1.61. The van der Waals surface area contributed by atoms with Crippen molar-refractivity contribution in [2.75, 3.05) is 47.1 Å². The van der Waals surface area contributed by atoms with E-state index >= 15 is 0 Å². The van der Waals surface area contributed by atoms with E-state index in [-0.39, 0.29) is 30.5 Å². The molecule has 7 heteroatoms. The number of hydrogen-bond acceptors (Lipinski definition) is 5. The lowest BCUT2D eigenvalue weighted by atomic mass is 10.0. The monoisotopic (exact) mass is 390 g/mol. The van der Waals surface area contributed by atoms with E-state index in [1.54, 1.807) is 14.2 Å². The van der Waals surface area contributed by atoms with Gasteiger partial charge in [0.15, 0.2) is 0 Å². The maximum absolute atomic E-state index is 12.8. The highest BCUT2D eigenvalue weighted by atomic mass is 16.5. The molecule has 7 nitrogen and oxygen atoms in total. The number of hydrogen-bond donors (Lipinski definition) is 0. The van der Waals surface area contributed by atoms with Crippen LogP contribution in [-0.2, 0) is 25.5 Å². The van der Waals surface area contributed by atoms with Gasteiger partial charge in [-0.1, -0.05) is 12.1 Å². The van der Waals surface area contributed by atoms with Gasteiger partial charge in [0.1, 0.15) is 12.4 Å². The van der Waals surface area contributed by atoms with Gasteiger partial charge in [0, 0.05) is 39.5 Å². The molecule has 28 heavy (non-hydrogen) atoms. The van der Waals surface area contributed by atoms with Gasteiger partial charge < -0.3 is 24.0 Å². The number of nitrogens with zero attached hydrogens (tertiary/aromatic N) is 2. The number of benzene rings is 1. The Labute approximate surface area is 166 Å².